The summed E-state index contributed by atoms with van der Waals surface area (Å²) in [6.07, 6.45) is 0. The number of ether oxygens (including phenoxy) is 1. The number of amides is 2. The Labute approximate surface area is 160 Å². The molecular weight excluding hydrogens is 342 g/mol. The van der Waals surface area contributed by atoms with Crippen LogP contribution >= 0.6 is 0 Å². The molecule has 0 spiro atoms. The summed E-state index contributed by atoms with van der Waals surface area (Å²) < 4.78 is 5.23. The van der Waals surface area contributed by atoms with Crippen LogP contribution in [0.3, 0.4) is 0 Å². The number of nitrogens with one attached hydrogen (secondary N) is 1. The predicted molar refractivity (Wildman–Crippen MR) is 107 cm³/mol. The van der Waals surface area contributed by atoms with Gasteiger partial charge in [0.2, 0.25) is 11.8 Å². The van der Waals surface area contributed by atoms with E-state index in [-0.39, 0.29) is 24.9 Å². The number of rotatable bonds is 9. The lowest BCUT2D eigenvalue weighted by Gasteiger charge is -2.24. The lowest BCUT2D eigenvalue weighted by Crippen LogP contribution is -2.42. The zero-order chi connectivity index (χ0) is 19.6. The largest absolute Gasteiger partial charge is 0.495 e. The first kappa shape index (κ1) is 20.5. The van der Waals surface area contributed by atoms with Crippen molar-refractivity contribution in [1.29, 1.82) is 0 Å². The molecule has 0 aliphatic rings. The van der Waals surface area contributed by atoms with Crippen LogP contribution in [0.4, 0.5) is 5.69 Å². The number of nitrogens with zero attached hydrogens (tertiary/aromatic N) is 2. The fourth-order valence-corrected chi connectivity index (χ4v) is 2.77. The first-order chi connectivity index (χ1) is 13.0. The van der Waals surface area contributed by atoms with Crippen LogP contribution in [-0.2, 0) is 16.1 Å². The number of likely N-dealkylation sites (N-methyl/N-ethyl adjacent to an activating group) is 2. The topological polar surface area (TPSA) is 61.9 Å². The van der Waals surface area contributed by atoms with Crippen molar-refractivity contribution < 1.29 is 14.3 Å². The van der Waals surface area contributed by atoms with Gasteiger partial charge in [-0.15, -0.1) is 0 Å². The molecule has 27 heavy (non-hydrogen) atoms. The summed E-state index contributed by atoms with van der Waals surface area (Å²) in [7, 11) is 3.45. The number of hydrogen-bond acceptors (Lipinski definition) is 4. The van der Waals surface area contributed by atoms with Gasteiger partial charge in [-0.1, -0.05) is 42.5 Å². The van der Waals surface area contributed by atoms with Crippen molar-refractivity contribution in [2.24, 2.45) is 0 Å². The number of carbonyl (C=O) groups is 2. The van der Waals surface area contributed by atoms with Gasteiger partial charge in [-0.25, -0.2) is 0 Å². The standard InChI is InChI=1S/C21H27N3O3/c1-4-24(15-20(25)22-18-12-8-9-13-19(18)27-3)21(26)16-23(2)14-17-10-6-5-7-11-17/h5-13H,4,14-16H2,1-3H3,(H,22,25). The highest BCUT2D eigenvalue weighted by atomic mass is 16.5. The minimum atomic E-state index is -0.250. The van der Waals surface area contributed by atoms with E-state index in [1.807, 2.05) is 61.3 Å². The van der Waals surface area contributed by atoms with E-state index in [1.165, 1.54) is 0 Å². The Hall–Kier alpha value is -2.86. The molecule has 144 valence electrons. The van der Waals surface area contributed by atoms with Crippen LogP contribution in [0, 0.1) is 0 Å². The molecule has 0 atom stereocenters. The van der Waals surface area contributed by atoms with Gasteiger partial charge in [0.25, 0.3) is 0 Å². The number of hydrogen-bond donors (Lipinski definition) is 1. The van der Waals surface area contributed by atoms with Gasteiger partial charge < -0.3 is 15.0 Å². The highest BCUT2D eigenvalue weighted by Crippen LogP contribution is 2.22. The van der Waals surface area contributed by atoms with Crippen molar-refractivity contribution in [2.75, 3.05) is 39.1 Å². The molecule has 2 rings (SSSR count). The number of para-hydroxylation sites is 2. The third-order valence-electron chi connectivity index (χ3n) is 4.15. The minimum absolute atomic E-state index is 0.00651. The second kappa shape index (κ2) is 10.3. The van der Waals surface area contributed by atoms with E-state index in [4.69, 9.17) is 4.74 Å². The molecule has 0 aliphatic carbocycles. The van der Waals surface area contributed by atoms with Crippen molar-refractivity contribution in [3.8, 4) is 5.75 Å². The van der Waals surface area contributed by atoms with E-state index in [2.05, 4.69) is 5.32 Å². The van der Waals surface area contributed by atoms with Crippen LogP contribution in [0.15, 0.2) is 54.6 Å². The predicted octanol–water partition coefficient (Wildman–Crippen LogP) is 2.61. The van der Waals surface area contributed by atoms with E-state index in [1.54, 1.807) is 24.1 Å². The second-order valence-corrected chi connectivity index (χ2v) is 6.31. The third-order valence-corrected chi connectivity index (χ3v) is 4.15. The van der Waals surface area contributed by atoms with Gasteiger partial charge in [0.15, 0.2) is 0 Å². The minimum Gasteiger partial charge on any atom is -0.495 e. The van der Waals surface area contributed by atoms with Crippen LogP contribution in [0.2, 0.25) is 0 Å². The van der Waals surface area contributed by atoms with Crippen LogP contribution in [0.25, 0.3) is 0 Å². The molecule has 2 aromatic rings. The van der Waals surface area contributed by atoms with E-state index < -0.39 is 0 Å². The van der Waals surface area contributed by atoms with Crippen molar-refractivity contribution in [1.82, 2.24) is 9.80 Å². The summed E-state index contributed by atoms with van der Waals surface area (Å²) in [4.78, 5) is 28.4. The fraction of sp³-hybridized carbons (Fsp3) is 0.333. The van der Waals surface area contributed by atoms with E-state index in [0.29, 0.717) is 24.5 Å². The molecule has 0 saturated carbocycles. The normalized spacial score (nSPS) is 10.5. The van der Waals surface area contributed by atoms with Crippen LogP contribution in [0.5, 0.6) is 5.75 Å². The highest BCUT2D eigenvalue weighted by molar-refractivity contribution is 5.95. The molecule has 2 amide bonds. The van der Waals surface area contributed by atoms with Gasteiger partial charge in [-0.3, -0.25) is 14.5 Å². The summed E-state index contributed by atoms with van der Waals surface area (Å²) in [5.41, 5.74) is 1.74. The van der Waals surface area contributed by atoms with E-state index >= 15 is 0 Å². The molecule has 0 unspecified atom stereocenters. The molecule has 0 saturated heterocycles. The first-order valence-corrected chi connectivity index (χ1v) is 8.96. The summed E-state index contributed by atoms with van der Waals surface area (Å²) in [5, 5.41) is 2.80. The van der Waals surface area contributed by atoms with Gasteiger partial charge in [-0.2, -0.15) is 0 Å². The number of methoxy groups -OCH3 is 1. The zero-order valence-electron chi connectivity index (χ0n) is 16.1. The fourth-order valence-electron chi connectivity index (χ4n) is 2.77. The Morgan fingerprint density at radius 1 is 1.00 bits per heavy atom. The Morgan fingerprint density at radius 2 is 1.67 bits per heavy atom. The molecule has 0 aromatic heterocycles. The molecule has 6 heteroatoms. The second-order valence-electron chi connectivity index (χ2n) is 6.31. The monoisotopic (exact) mass is 369 g/mol. The van der Waals surface area contributed by atoms with Crippen LogP contribution < -0.4 is 10.1 Å². The maximum Gasteiger partial charge on any atom is 0.244 e. The average Bonchev–Trinajstić information content (AvgIpc) is 2.67. The van der Waals surface area contributed by atoms with Crippen LogP contribution in [-0.4, -0.2) is 55.4 Å². The van der Waals surface area contributed by atoms with Crippen molar-refractivity contribution in [2.45, 2.75) is 13.5 Å². The average molecular weight is 369 g/mol. The van der Waals surface area contributed by atoms with Gasteiger partial charge >= 0.3 is 0 Å². The zero-order valence-corrected chi connectivity index (χ0v) is 16.1. The molecule has 0 heterocycles. The van der Waals surface area contributed by atoms with Gasteiger partial charge in [-0.05, 0) is 31.7 Å². The Morgan fingerprint density at radius 3 is 2.33 bits per heavy atom. The molecular formula is C21H27N3O3. The molecule has 1 N–H and O–H groups in total. The molecule has 0 fully saturated rings. The van der Waals surface area contributed by atoms with Crippen molar-refractivity contribution in [3.05, 3.63) is 60.2 Å². The van der Waals surface area contributed by atoms with Gasteiger partial charge in [0, 0.05) is 13.1 Å². The lowest BCUT2D eigenvalue weighted by atomic mass is 10.2. The summed E-state index contributed by atoms with van der Waals surface area (Å²) in [6.45, 7) is 3.28. The molecule has 0 radical (unpaired) electrons. The summed E-state index contributed by atoms with van der Waals surface area (Å²) in [6, 6.07) is 17.2. The quantitative estimate of drug-likeness (QED) is 0.738. The Kier molecular flexibility index (Phi) is 7.82. The molecule has 6 nitrogen and oxygen atoms in total. The van der Waals surface area contributed by atoms with E-state index in [0.717, 1.165) is 5.56 Å². The number of anilines is 1. The van der Waals surface area contributed by atoms with Gasteiger partial charge in [0.05, 0.1) is 25.9 Å². The van der Waals surface area contributed by atoms with Gasteiger partial charge in [0.1, 0.15) is 5.75 Å². The van der Waals surface area contributed by atoms with Crippen LogP contribution in [0.1, 0.15) is 12.5 Å². The molecule has 2 aromatic carbocycles. The SMILES string of the molecule is CCN(CC(=O)Nc1ccccc1OC)C(=O)CN(C)Cc1ccccc1. The molecule has 0 bridgehead atoms. The molecule has 0 aliphatic heterocycles. The number of carbonyl (C=O) groups excluding carboxylic acids is 2. The first-order valence-electron chi connectivity index (χ1n) is 8.96. The Balaban J connectivity index is 1.89. The smallest absolute Gasteiger partial charge is 0.244 e. The van der Waals surface area contributed by atoms with Crippen molar-refractivity contribution in [3.63, 3.8) is 0 Å². The highest BCUT2D eigenvalue weighted by Gasteiger charge is 2.18. The maximum absolute atomic E-state index is 12.6. The summed E-state index contributed by atoms with van der Waals surface area (Å²) >= 11 is 0. The van der Waals surface area contributed by atoms with E-state index in [9.17, 15) is 9.59 Å². The Bertz CT molecular complexity index is 749. The third kappa shape index (κ3) is 6.42. The lowest BCUT2D eigenvalue weighted by molar-refractivity contribution is -0.135. The summed E-state index contributed by atoms with van der Waals surface area (Å²) in [5.74, 6) is 0.259. The van der Waals surface area contributed by atoms with Crippen molar-refractivity contribution >= 4 is 17.5 Å². The number of benzene rings is 2. The maximum atomic E-state index is 12.6.